The summed E-state index contributed by atoms with van der Waals surface area (Å²) in [5, 5.41) is 0. The molecule has 0 spiro atoms. The topological polar surface area (TPSA) is 52.0 Å². The van der Waals surface area contributed by atoms with Crippen molar-refractivity contribution in [1.82, 2.24) is 0 Å². The molecule has 3 heteroatoms. The Bertz CT molecular complexity index is 163. The van der Waals surface area contributed by atoms with E-state index in [0.29, 0.717) is 5.92 Å². The van der Waals surface area contributed by atoms with E-state index in [1.54, 1.807) is 0 Å². The molecule has 3 atom stereocenters. The predicted molar refractivity (Wildman–Crippen MR) is 51.3 cm³/mol. The lowest BCUT2D eigenvalue weighted by Gasteiger charge is -2.09. The number of hydrogen-bond acceptors (Lipinski definition) is 3. The second-order valence-corrected chi connectivity index (χ2v) is 4.29. The molecule has 0 radical (unpaired) electrons. The fourth-order valence-electron chi connectivity index (χ4n) is 1.09. The molecular weight excluding hydrogens is 156 g/mol. The number of rotatable bonds is 2. The smallest absolute Gasteiger partial charge is 0.0323 e. The van der Waals surface area contributed by atoms with Crippen molar-refractivity contribution in [2.75, 3.05) is 5.75 Å². The first-order valence-corrected chi connectivity index (χ1v) is 4.95. The van der Waals surface area contributed by atoms with Gasteiger partial charge in [0.05, 0.1) is 0 Å². The molecule has 1 aliphatic heterocycles. The number of hydrogen-bond donors (Lipinski definition) is 2. The summed E-state index contributed by atoms with van der Waals surface area (Å²) in [6.45, 7) is 4.06. The van der Waals surface area contributed by atoms with E-state index in [4.69, 9.17) is 11.5 Å². The summed E-state index contributed by atoms with van der Waals surface area (Å²) in [5.41, 5.74) is 11.5. The van der Waals surface area contributed by atoms with Crippen LogP contribution in [0.5, 0.6) is 0 Å². The first kappa shape index (κ1) is 9.10. The van der Waals surface area contributed by atoms with Crippen molar-refractivity contribution in [2.45, 2.75) is 25.9 Å². The van der Waals surface area contributed by atoms with Gasteiger partial charge in [-0.2, -0.15) is 0 Å². The Morgan fingerprint density at radius 3 is 2.45 bits per heavy atom. The van der Waals surface area contributed by atoms with Crippen molar-refractivity contribution in [3.8, 4) is 0 Å². The molecule has 1 rings (SSSR count). The second-order valence-electron chi connectivity index (χ2n) is 3.19. The van der Waals surface area contributed by atoms with Gasteiger partial charge in [0, 0.05) is 23.8 Å². The Labute approximate surface area is 72.4 Å². The molecule has 4 N–H and O–H groups in total. The minimum Gasteiger partial charge on any atom is -0.327 e. The van der Waals surface area contributed by atoms with Gasteiger partial charge in [-0.25, -0.2) is 0 Å². The van der Waals surface area contributed by atoms with Crippen LogP contribution in [0.4, 0.5) is 0 Å². The standard InChI is InChI=1S/C8H16N2S/c1-5(9)7-3-8(6(2)10)11-4-7/h3,5-7H,4,9-10H2,1-2H3/t5-,6-,7?/m1/s1. The van der Waals surface area contributed by atoms with E-state index in [9.17, 15) is 0 Å². The Balaban J connectivity index is 2.54. The molecule has 11 heavy (non-hydrogen) atoms. The number of thioether (sulfide) groups is 1. The van der Waals surface area contributed by atoms with Crippen LogP contribution in [0.2, 0.25) is 0 Å². The van der Waals surface area contributed by atoms with E-state index in [0.717, 1.165) is 5.75 Å². The van der Waals surface area contributed by atoms with Crippen molar-refractivity contribution in [3.05, 3.63) is 11.0 Å². The average Bonchev–Trinajstić information content (AvgIpc) is 2.33. The highest BCUT2D eigenvalue weighted by Gasteiger charge is 2.20. The molecule has 0 saturated carbocycles. The summed E-state index contributed by atoms with van der Waals surface area (Å²) in [4.78, 5) is 1.30. The van der Waals surface area contributed by atoms with Crippen LogP contribution in [0.25, 0.3) is 0 Å². The molecule has 0 fully saturated rings. The van der Waals surface area contributed by atoms with Crippen molar-refractivity contribution in [3.63, 3.8) is 0 Å². The highest BCUT2D eigenvalue weighted by Crippen LogP contribution is 2.31. The fourth-order valence-corrected chi connectivity index (χ4v) is 2.41. The molecule has 0 saturated heterocycles. The van der Waals surface area contributed by atoms with Gasteiger partial charge in [0.25, 0.3) is 0 Å². The van der Waals surface area contributed by atoms with Crippen molar-refractivity contribution in [1.29, 1.82) is 0 Å². The van der Waals surface area contributed by atoms with Gasteiger partial charge in [-0.1, -0.05) is 6.08 Å². The third-order valence-corrected chi connectivity index (χ3v) is 3.34. The SMILES string of the molecule is C[C@@H](N)C1=CC([C@@H](C)N)CS1. The minimum atomic E-state index is 0.184. The lowest BCUT2D eigenvalue weighted by Crippen LogP contribution is -2.25. The maximum absolute atomic E-state index is 5.76. The van der Waals surface area contributed by atoms with Crippen LogP contribution in [-0.2, 0) is 0 Å². The van der Waals surface area contributed by atoms with Crippen LogP contribution in [0.15, 0.2) is 11.0 Å². The molecule has 0 aromatic heterocycles. The maximum Gasteiger partial charge on any atom is 0.0323 e. The van der Waals surface area contributed by atoms with Crippen molar-refractivity contribution < 1.29 is 0 Å². The normalized spacial score (nSPS) is 29.8. The van der Waals surface area contributed by atoms with Gasteiger partial charge in [0.2, 0.25) is 0 Å². The van der Waals surface area contributed by atoms with Crippen LogP contribution in [0.1, 0.15) is 13.8 Å². The van der Waals surface area contributed by atoms with Crippen molar-refractivity contribution >= 4 is 11.8 Å². The molecule has 0 aromatic rings. The van der Waals surface area contributed by atoms with E-state index in [1.807, 2.05) is 25.6 Å². The molecule has 1 heterocycles. The molecule has 0 aliphatic carbocycles. The quantitative estimate of drug-likeness (QED) is 0.651. The third kappa shape index (κ3) is 2.22. The van der Waals surface area contributed by atoms with Crippen molar-refractivity contribution in [2.24, 2.45) is 17.4 Å². The molecule has 0 aromatic carbocycles. The van der Waals surface area contributed by atoms with Gasteiger partial charge in [0.1, 0.15) is 0 Å². The Kier molecular flexibility index (Phi) is 2.98. The second kappa shape index (κ2) is 3.61. The zero-order chi connectivity index (χ0) is 8.43. The first-order valence-electron chi connectivity index (χ1n) is 3.97. The van der Waals surface area contributed by atoms with Gasteiger partial charge < -0.3 is 11.5 Å². The van der Waals surface area contributed by atoms with E-state index in [1.165, 1.54) is 4.91 Å². The summed E-state index contributed by atoms with van der Waals surface area (Å²) >= 11 is 1.84. The highest BCUT2D eigenvalue weighted by atomic mass is 32.2. The van der Waals surface area contributed by atoms with Crippen LogP contribution >= 0.6 is 11.8 Å². The Morgan fingerprint density at radius 2 is 2.18 bits per heavy atom. The lowest BCUT2D eigenvalue weighted by molar-refractivity contribution is 0.594. The minimum absolute atomic E-state index is 0.184. The first-order chi connectivity index (χ1) is 5.11. The highest BCUT2D eigenvalue weighted by molar-refractivity contribution is 8.03. The molecule has 64 valence electrons. The summed E-state index contributed by atoms with van der Waals surface area (Å²) in [5.74, 6) is 1.63. The average molecular weight is 172 g/mol. The van der Waals surface area contributed by atoms with Gasteiger partial charge in [-0.15, -0.1) is 11.8 Å². The van der Waals surface area contributed by atoms with E-state index >= 15 is 0 Å². The van der Waals surface area contributed by atoms with Crippen LogP contribution in [0, 0.1) is 5.92 Å². The Hall–Kier alpha value is 0.01000. The molecule has 2 nitrogen and oxygen atoms in total. The molecular formula is C8H16N2S. The summed E-state index contributed by atoms with van der Waals surface area (Å²) in [6, 6.07) is 0.447. The largest absolute Gasteiger partial charge is 0.327 e. The zero-order valence-electron chi connectivity index (χ0n) is 7.08. The van der Waals surface area contributed by atoms with Gasteiger partial charge >= 0.3 is 0 Å². The molecule has 0 bridgehead atoms. The summed E-state index contributed by atoms with van der Waals surface area (Å²) in [7, 11) is 0. The van der Waals surface area contributed by atoms with E-state index in [2.05, 4.69) is 6.08 Å². The van der Waals surface area contributed by atoms with Crippen LogP contribution in [0.3, 0.4) is 0 Å². The van der Waals surface area contributed by atoms with Gasteiger partial charge in [-0.3, -0.25) is 0 Å². The van der Waals surface area contributed by atoms with Crippen LogP contribution < -0.4 is 11.5 Å². The monoisotopic (exact) mass is 172 g/mol. The zero-order valence-corrected chi connectivity index (χ0v) is 7.90. The van der Waals surface area contributed by atoms with Gasteiger partial charge in [-0.05, 0) is 18.8 Å². The van der Waals surface area contributed by atoms with Gasteiger partial charge in [0.15, 0.2) is 0 Å². The summed E-state index contributed by atoms with van der Waals surface area (Å²) in [6.07, 6.45) is 2.22. The Morgan fingerprint density at radius 1 is 1.55 bits per heavy atom. The fraction of sp³-hybridized carbons (Fsp3) is 0.750. The maximum atomic E-state index is 5.76. The predicted octanol–water partition coefficient (Wildman–Crippen LogP) is 0.928. The van der Waals surface area contributed by atoms with E-state index < -0.39 is 0 Å². The number of nitrogens with two attached hydrogens (primary N) is 2. The summed E-state index contributed by atoms with van der Waals surface area (Å²) < 4.78 is 0. The molecule has 1 unspecified atom stereocenters. The van der Waals surface area contributed by atoms with Crippen LogP contribution in [-0.4, -0.2) is 17.8 Å². The third-order valence-electron chi connectivity index (χ3n) is 1.94. The lowest BCUT2D eigenvalue weighted by atomic mass is 10.0. The molecule has 0 amide bonds. The molecule has 1 aliphatic rings. The van der Waals surface area contributed by atoms with E-state index in [-0.39, 0.29) is 12.1 Å².